The van der Waals surface area contributed by atoms with Gasteiger partial charge in [0, 0.05) is 37.8 Å². The normalized spacial score (nSPS) is 19.6. The lowest BCUT2D eigenvalue weighted by Gasteiger charge is -2.32. The maximum absolute atomic E-state index is 13.6. The summed E-state index contributed by atoms with van der Waals surface area (Å²) in [5.74, 6) is -0.0491. The molecule has 3 rings (SSSR count). The van der Waals surface area contributed by atoms with Crippen LogP contribution < -0.4 is 4.90 Å². The van der Waals surface area contributed by atoms with Gasteiger partial charge in [-0.05, 0) is 57.5 Å². The molecule has 0 saturated carbocycles. The second-order valence-corrected chi connectivity index (χ2v) is 9.92. The van der Waals surface area contributed by atoms with Crippen molar-refractivity contribution in [3.05, 3.63) is 59.7 Å². The molecular formula is C24H33N3O3S. The Bertz CT molecular complexity index is 999. The third kappa shape index (κ3) is 4.48. The summed E-state index contributed by atoms with van der Waals surface area (Å²) in [5, 5.41) is 0. The molecule has 0 aromatic heterocycles. The molecule has 0 radical (unpaired) electrons. The van der Waals surface area contributed by atoms with Gasteiger partial charge in [0.05, 0.1) is 4.90 Å². The van der Waals surface area contributed by atoms with E-state index < -0.39 is 16.2 Å². The molecule has 6 nitrogen and oxygen atoms in total. The Morgan fingerprint density at radius 1 is 1.00 bits per heavy atom. The van der Waals surface area contributed by atoms with E-state index in [9.17, 15) is 13.2 Å². The van der Waals surface area contributed by atoms with Crippen molar-refractivity contribution in [1.82, 2.24) is 9.21 Å². The Hall–Kier alpha value is -2.38. The van der Waals surface area contributed by atoms with Crippen LogP contribution in [0.25, 0.3) is 0 Å². The quantitative estimate of drug-likeness (QED) is 0.644. The fourth-order valence-corrected chi connectivity index (χ4v) is 5.89. The third-order valence-corrected chi connectivity index (χ3v) is 7.83. The monoisotopic (exact) mass is 443 g/mol. The predicted octanol–water partition coefficient (Wildman–Crippen LogP) is 4.17. The first-order chi connectivity index (χ1) is 14.7. The van der Waals surface area contributed by atoms with E-state index in [1.165, 1.54) is 4.31 Å². The van der Waals surface area contributed by atoms with E-state index >= 15 is 0 Å². The van der Waals surface area contributed by atoms with Crippen molar-refractivity contribution in [2.45, 2.75) is 58.1 Å². The molecule has 0 aliphatic carbocycles. The van der Waals surface area contributed by atoms with Gasteiger partial charge in [-0.3, -0.25) is 4.79 Å². The number of sulfonamides is 1. The number of anilines is 1. The number of aryl methyl sites for hydroxylation is 1. The Balaban J connectivity index is 2.06. The van der Waals surface area contributed by atoms with Crippen LogP contribution in [0.3, 0.4) is 0 Å². The van der Waals surface area contributed by atoms with Gasteiger partial charge in [-0.2, -0.15) is 4.31 Å². The fourth-order valence-electron chi connectivity index (χ4n) is 4.24. The van der Waals surface area contributed by atoms with Crippen molar-refractivity contribution in [3.63, 3.8) is 0 Å². The van der Waals surface area contributed by atoms with Gasteiger partial charge in [0.25, 0.3) is 0 Å². The summed E-state index contributed by atoms with van der Waals surface area (Å²) < 4.78 is 28.6. The van der Waals surface area contributed by atoms with Crippen molar-refractivity contribution in [2.24, 2.45) is 0 Å². The molecule has 31 heavy (non-hydrogen) atoms. The average molecular weight is 444 g/mol. The molecule has 1 saturated heterocycles. The van der Waals surface area contributed by atoms with Gasteiger partial charge < -0.3 is 9.80 Å². The van der Waals surface area contributed by atoms with Gasteiger partial charge in [-0.15, -0.1) is 0 Å². The molecule has 1 aliphatic rings. The zero-order chi connectivity index (χ0) is 22.8. The highest BCUT2D eigenvalue weighted by Gasteiger charge is 2.46. The van der Waals surface area contributed by atoms with Crippen LogP contribution in [-0.2, 0) is 14.8 Å². The third-order valence-electron chi connectivity index (χ3n) is 5.99. The van der Waals surface area contributed by atoms with Crippen LogP contribution in [0, 0.1) is 6.92 Å². The van der Waals surface area contributed by atoms with Gasteiger partial charge in [0.15, 0.2) is 0 Å². The summed E-state index contributed by atoms with van der Waals surface area (Å²) in [6, 6.07) is 14.6. The van der Waals surface area contributed by atoms with E-state index in [1.807, 2.05) is 45.0 Å². The second kappa shape index (κ2) is 9.40. The molecule has 1 fully saturated rings. The van der Waals surface area contributed by atoms with Gasteiger partial charge in [0.1, 0.15) is 6.17 Å². The van der Waals surface area contributed by atoms with Crippen LogP contribution in [0.2, 0.25) is 0 Å². The largest absolute Gasteiger partial charge is 0.372 e. The lowest BCUT2D eigenvalue weighted by atomic mass is 10.1. The number of rotatable bonds is 7. The molecule has 0 bridgehead atoms. The molecule has 2 aromatic carbocycles. The van der Waals surface area contributed by atoms with Gasteiger partial charge in [0.2, 0.25) is 15.9 Å². The Kier molecular flexibility index (Phi) is 7.06. The summed E-state index contributed by atoms with van der Waals surface area (Å²) in [5.41, 5.74) is 2.89. The standard InChI is InChI=1S/C24H33N3O3S/c1-6-23(28)27-19(5)17-26(31(29,30)22-15-9-18(4)10-16-22)24(27)20-11-13-21(14-12-20)25(7-2)8-3/h9-16,19,24H,6-8,17H2,1-5H3/t19-,24+/m1/s1. The average Bonchev–Trinajstić information content (AvgIpc) is 3.13. The lowest BCUT2D eigenvalue weighted by molar-refractivity contribution is -0.134. The molecule has 1 amide bonds. The molecule has 2 atom stereocenters. The Labute approximate surface area is 186 Å². The van der Waals surface area contributed by atoms with Crippen molar-refractivity contribution in [2.75, 3.05) is 24.5 Å². The SMILES string of the molecule is CCC(=O)N1[C@H](C)CN(S(=O)(=O)c2ccc(C)cc2)[C@@H]1c1ccc(N(CC)CC)cc1. The van der Waals surface area contributed by atoms with Crippen LogP contribution in [-0.4, -0.2) is 49.2 Å². The Morgan fingerprint density at radius 3 is 2.10 bits per heavy atom. The van der Waals surface area contributed by atoms with E-state index in [-0.39, 0.29) is 23.4 Å². The summed E-state index contributed by atoms with van der Waals surface area (Å²) >= 11 is 0. The number of hydrogen-bond acceptors (Lipinski definition) is 4. The van der Waals surface area contributed by atoms with E-state index in [2.05, 4.69) is 18.7 Å². The van der Waals surface area contributed by atoms with Gasteiger partial charge >= 0.3 is 0 Å². The number of carbonyl (C=O) groups excluding carboxylic acids is 1. The minimum Gasteiger partial charge on any atom is -0.372 e. The van der Waals surface area contributed by atoms with Crippen molar-refractivity contribution in [1.29, 1.82) is 0 Å². The smallest absolute Gasteiger partial charge is 0.245 e. The fraction of sp³-hybridized carbons (Fsp3) is 0.458. The van der Waals surface area contributed by atoms with Gasteiger partial charge in [-0.1, -0.05) is 36.8 Å². The van der Waals surface area contributed by atoms with Crippen LogP contribution >= 0.6 is 0 Å². The number of amides is 1. The molecule has 1 aliphatic heterocycles. The first kappa shape index (κ1) is 23.3. The lowest BCUT2D eigenvalue weighted by Crippen LogP contribution is -2.39. The van der Waals surface area contributed by atoms with Crippen LogP contribution in [0.4, 0.5) is 5.69 Å². The van der Waals surface area contributed by atoms with Gasteiger partial charge in [-0.25, -0.2) is 8.42 Å². The molecule has 168 valence electrons. The first-order valence-corrected chi connectivity index (χ1v) is 12.4. The maximum atomic E-state index is 13.6. The zero-order valence-electron chi connectivity index (χ0n) is 19.1. The number of carbonyl (C=O) groups is 1. The van der Waals surface area contributed by atoms with E-state index in [4.69, 9.17) is 0 Å². The molecule has 0 N–H and O–H groups in total. The van der Waals surface area contributed by atoms with Crippen molar-refractivity contribution < 1.29 is 13.2 Å². The van der Waals surface area contributed by atoms with Crippen LogP contribution in [0.5, 0.6) is 0 Å². The second-order valence-electron chi connectivity index (χ2n) is 8.03. The van der Waals surface area contributed by atoms with Crippen LogP contribution in [0.1, 0.15) is 51.4 Å². The summed E-state index contributed by atoms with van der Waals surface area (Å²) in [6.45, 7) is 11.9. The molecule has 0 unspecified atom stereocenters. The highest BCUT2D eigenvalue weighted by atomic mass is 32.2. The van der Waals surface area contributed by atoms with E-state index in [0.29, 0.717) is 6.42 Å². The maximum Gasteiger partial charge on any atom is 0.245 e. The summed E-state index contributed by atoms with van der Waals surface area (Å²) in [4.78, 5) is 17.0. The van der Waals surface area contributed by atoms with E-state index in [0.717, 1.165) is 29.9 Å². The number of benzene rings is 2. The predicted molar refractivity (Wildman–Crippen MR) is 124 cm³/mol. The highest BCUT2D eigenvalue weighted by molar-refractivity contribution is 7.89. The molecule has 1 heterocycles. The molecule has 7 heteroatoms. The minimum absolute atomic E-state index is 0.0491. The van der Waals surface area contributed by atoms with Crippen molar-refractivity contribution in [3.8, 4) is 0 Å². The van der Waals surface area contributed by atoms with Crippen molar-refractivity contribution >= 4 is 21.6 Å². The van der Waals surface area contributed by atoms with E-state index in [1.54, 1.807) is 29.2 Å². The molecular weight excluding hydrogens is 410 g/mol. The number of hydrogen-bond donors (Lipinski definition) is 0. The zero-order valence-corrected chi connectivity index (χ0v) is 19.9. The first-order valence-electron chi connectivity index (χ1n) is 11.0. The number of nitrogens with zero attached hydrogens (tertiary/aromatic N) is 3. The topological polar surface area (TPSA) is 60.9 Å². The summed E-state index contributed by atoms with van der Waals surface area (Å²) in [6.07, 6.45) is -0.323. The Morgan fingerprint density at radius 2 is 1.58 bits per heavy atom. The minimum atomic E-state index is -3.77. The highest BCUT2D eigenvalue weighted by Crippen LogP contribution is 2.38. The summed E-state index contributed by atoms with van der Waals surface area (Å²) in [7, 11) is -3.77. The molecule has 2 aromatic rings. The van der Waals surface area contributed by atoms with Crippen LogP contribution in [0.15, 0.2) is 53.4 Å². The molecule has 0 spiro atoms.